The first-order chi connectivity index (χ1) is 12.5. The van der Waals surface area contributed by atoms with Gasteiger partial charge in [-0.15, -0.1) is 0 Å². The van der Waals surface area contributed by atoms with Crippen molar-refractivity contribution in [1.82, 2.24) is 15.2 Å². The van der Waals surface area contributed by atoms with Gasteiger partial charge in [0.1, 0.15) is 5.69 Å². The Labute approximate surface area is 151 Å². The summed E-state index contributed by atoms with van der Waals surface area (Å²) in [4.78, 5) is 30.6. The molecule has 3 rings (SSSR count). The van der Waals surface area contributed by atoms with E-state index in [9.17, 15) is 14.0 Å². The molecular formula is C19H22FN3O3. The van der Waals surface area contributed by atoms with Crippen molar-refractivity contribution < 1.29 is 18.7 Å². The first-order valence-corrected chi connectivity index (χ1v) is 8.65. The molecule has 0 radical (unpaired) electrons. The van der Waals surface area contributed by atoms with E-state index in [2.05, 4.69) is 10.3 Å². The fourth-order valence-corrected chi connectivity index (χ4v) is 3.06. The quantitative estimate of drug-likeness (QED) is 0.829. The van der Waals surface area contributed by atoms with Gasteiger partial charge in [-0.3, -0.25) is 9.59 Å². The number of hydrogen-bond donors (Lipinski definition) is 1. The molecule has 2 aromatic rings. The second-order valence-electron chi connectivity index (χ2n) is 6.40. The summed E-state index contributed by atoms with van der Waals surface area (Å²) in [5.41, 5.74) is -0.867. The largest absolute Gasteiger partial charge is 0.383 e. The molecule has 0 saturated carbocycles. The normalized spacial score (nSPS) is 16.5. The van der Waals surface area contributed by atoms with Gasteiger partial charge in [0.25, 0.3) is 11.8 Å². The van der Waals surface area contributed by atoms with Gasteiger partial charge in [-0.1, -0.05) is 24.3 Å². The van der Waals surface area contributed by atoms with Crippen molar-refractivity contribution in [2.45, 2.75) is 18.5 Å². The van der Waals surface area contributed by atoms with Crippen LogP contribution in [0.15, 0.2) is 36.4 Å². The number of amides is 2. The Hall–Kier alpha value is -2.54. The average Bonchev–Trinajstić information content (AvgIpc) is 2.67. The number of methoxy groups -OCH3 is 1. The molecule has 26 heavy (non-hydrogen) atoms. The maximum absolute atomic E-state index is 14.8. The van der Waals surface area contributed by atoms with E-state index < -0.39 is 11.6 Å². The number of likely N-dealkylation sites (tertiary alicyclic amines) is 1. The van der Waals surface area contributed by atoms with Gasteiger partial charge in [0.15, 0.2) is 5.67 Å². The highest BCUT2D eigenvalue weighted by Gasteiger charge is 2.42. The summed E-state index contributed by atoms with van der Waals surface area (Å²) in [5.74, 6) is -0.872. The minimum absolute atomic E-state index is 0.0227. The van der Waals surface area contributed by atoms with Gasteiger partial charge < -0.3 is 15.0 Å². The maximum Gasteiger partial charge on any atom is 0.272 e. The number of carbonyl (C=O) groups is 2. The minimum atomic E-state index is -1.94. The summed E-state index contributed by atoms with van der Waals surface area (Å²) in [6, 6.07) is 11.1. The Morgan fingerprint density at radius 1 is 1.23 bits per heavy atom. The molecule has 0 aliphatic carbocycles. The van der Waals surface area contributed by atoms with Crippen molar-refractivity contribution >= 4 is 22.7 Å². The molecule has 1 aliphatic heterocycles. The number of halogens is 1. The number of pyridine rings is 1. The van der Waals surface area contributed by atoms with Gasteiger partial charge >= 0.3 is 0 Å². The number of para-hydroxylation sites is 1. The molecular weight excluding hydrogens is 337 g/mol. The lowest BCUT2D eigenvalue weighted by Crippen LogP contribution is -2.52. The van der Waals surface area contributed by atoms with Crippen LogP contribution in [0.3, 0.4) is 0 Å². The lowest BCUT2D eigenvalue weighted by molar-refractivity contribution is -0.135. The van der Waals surface area contributed by atoms with Crippen LogP contribution in [0.2, 0.25) is 0 Å². The molecule has 1 fully saturated rings. The van der Waals surface area contributed by atoms with Crippen LogP contribution in [-0.4, -0.2) is 60.7 Å². The van der Waals surface area contributed by atoms with E-state index in [1.807, 2.05) is 30.3 Å². The summed E-state index contributed by atoms with van der Waals surface area (Å²) in [5, 5.41) is 3.49. The highest BCUT2D eigenvalue weighted by molar-refractivity contribution is 5.95. The zero-order valence-electron chi connectivity index (χ0n) is 14.7. The van der Waals surface area contributed by atoms with Crippen LogP contribution in [0.1, 0.15) is 23.3 Å². The van der Waals surface area contributed by atoms with E-state index in [1.54, 1.807) is 11.0 Å². The van der Waals surface area contributed by atoms with Crippen molar-refractivity contribution in [1.29, 1.82) is 0 Å². The molecule has 138 valence electrons. The predicted molar refractivity (Wildman–Crippen MR) is 95.6 cm³/mol. The van der Waals surface area contributed by atoms with E-state index in [1.165, 1.54) is 7.11 Å². The summed E-state index contributed by atoms with van der Waals surface area (Å²) in [6.45, 7) is 0.966. The van der Waals surface area contributed by atoms with Crippen LogP contribution in [0, 0.1) is 0 Å². The molecule has 0 bridgehead atoms. The van der Waals surface area contributed by atoms with Crippen LogP contribution in [0.25, 0.3) is 10.9 Å². The number of carbonyl (C=O) groups excluding carboxylic acids is 2. The van der Waals surface area contributed by atoms with E-state index >= 15 is 0 Å². The highest BCUT2D eigenvalue weighted by atomic mass is 19.1. The van der Waals surface area contributed by atoms with Gasteiger partial charge in [-0.25, -0.2) is 9.37 Å². The van der Waals surface area contributed by atoms with Gasteiger partial charge in [0, 0.05) is 45.0 Å². The van der Waals surface area contributed by atoms with Crippen LogP contribution in [0.5, 0.6) is 0 Å². The SMILES string of the molecule is COCCNC(=O)C1(F)CCN(C(=O)c2ccc3ccccc3n2)CC1. The smallest absolute Gasteiger partial charge is 0.272 e. The first kappa shape index (κ1) is 18.3. The van der Waals surface area contributed by atoms with Crippen molar-refractivity contribution in [3.63, 3.8) is 0 Å². The van der Waals surface area contributed by atoms with Crippen molar-refractivity contribution in [3.05, 3.63) is 42.1 Å². The van der Waals surface area contributed by atoms with Gasteiger partial charge in [0.2, 0.25) is 0 Å². The summed E-state index contributed by atoms with van der Waals surface area (Å²) < 4.78 is 19.7. The molecule has 1 aromatic heterocycles. The number of benzene rings is 1. The second kappa shape index (κ2) is 7.78. The van der Waals surface area contributed by atoms with Crippen LogP contribution in [0.4, 0.5) is 4.39 Å². The van der Waals surface area contributed by atoms with E-state index in [0.29, 0.717) is 12.3 Å². The second-order valence-corrected chi connectivity index (χ2v) is 6.40. The molecule has 1 aromatic carbocycles. The highest BCUT2D eigenvalue weighted by Crippen LogP contribution is 2.27. The maximum atomic E-state index is 14.8. The number of ether oxygens (including phenoxy) is 1. The summed E-state index contributed by atoms with van der Waals surface area (Å²) >= 11 is 0. The zero-order valence-corrected chi connectivity index (χ0v) is 14.7. The number of rotatable bonds is 5. The molecule has 1 aliphatic rings. The van der Waals surface area contributed by atoms with Gasteiger partial charge in [-0.05, 0) is 12.1 Å². The minimum Gasteiger partial charge on any atom is -0.383 e. The molecule has 0 unspecified atom stereocenters. The molecule has 1 N–H and O–H groups in total. The number of piperidine rings is 1. The zero-order chi connectivity index (χ0) is 18.6. The number of nitrogens with one attached hydrogen (secondary N) is 1. The summed E-state index contributed by atoms with van der Waals surface area (Å²) in [7, 11) is 1.52. The lowest BCUT2D eigenvalue weighted by Gasteiger charge is -2.35. The Morgan fingerprint density at radius 3 is 2.69 bits per heavy atom. The Morgan fingerprint density at radius 2 is 1.96 bits per heavy atom. The monoisotopic (exact) mass is 359 g/mol. The lowest BCUT2D eigenvalue weighted by atomic mass is 9.92. The third-order valence-corrected chi connectivity index (χ3v) is 4.66. The van der Waals surface area contributed by atoms with Crippen molar-refractivity contribution in [2.75, 3.05) is 33.4 Å². The van der Waals surface area contributed by atoms with Gasteiger partial charge in [-0.2, -0.15) is 0 Å². The fourth-order valence-electron chi connectivity index (χ4n) is 3.06. The number of fused-ring (bicyclic) bond motifs is 1. The molecule has 6 nitrogen and oxygen atoms in total. The van der Waals surface area contributed by atoms with Crippen LogP contribution in [-0.2, 0) is 9.53 Å². The summed E-state index contributed by atoms with van der Waals surface area (Å²) in [6.07, 6.45) is -0.0454. The molecule has 0 spiro atoms. The third kappa shape index (κ3) is 3.83. The molecule has 7 heteroatoms. The average molecular weight is 359 g/mol. The topological polar surface area (TPSA) is 71.5 Å². The van der Waals surface area contributed by atoms with E-state index in [-0.39, 0.29) is 38.4 Å². The molecule has 2 amide bonds. The molecule has 1 saturated heterocycles. The Balaban J connectivity index is 1.63. The van der Waals surface area contributed by atoms with Crippen molar-refractivity contribution in [3.8, 4) is 0 Å². The number of alkyl halides is 1. The third-order valence-electron chi connectivity index (χ3n) is 4.66. The van der Waals surface area contributed by atoms with Crippen LogP contribution >= 0.6 is 0 Å². The van der Waals surface area contributed by atoms with Crippen molar-refractivity contribution in [2.24, 2.45) is 0 Å². The Kier molecular flexibility index (Phi) is 5.46. The number of hydrogen-bond acceptors (Lipinski definition) is 4. The molecule has 0 atom stereocenters. The predicted octanol–water partition coefficient (Wildman–Crippen LogP) is 1.94. The standard InChI is InChI=1S/C19H22FN3O3/c1-26-13-10-21-18(25)19(20)8-11-23(12-9-19)17(24)16-7-6-14-4-2-3-5-15(14)22-16/h2-7H,8-13H2,1H3,(H,21,25). The number of aromatic nitrogens is 1. The Bertz CT molecular complexity index is 803. The first-order valence-electron chi connectivity index (χ1n) is 8.65. The number of nitrogens with zero attached hydrogens (tertiary/aromatic N) is 2. The van der Waals surface area contributed by atoms with Crippen LogP contribution < -0.4 is 5.32 Å². The van der Waals surface area contributed by atoms with Gasteiger partial charge in [0.05, 0.1) is 12.1 Å². The van der Waals surface area contributed by atoms with E-state index in [0.717, 1.165) is 10.9 Å². The fraction of sp³-hybridized carbons (Fsp3) is 0.421. The van der Waals surface area contributed by atoms with E-state index in [4.69, 9.17) is 4.74 Å². The molecule has 2 heterocycles.